The maximum absolute atomic E-state index is 11.6. The highest BCUT2D eigenvalue weighted by molar-refractivity contribution is 5.98. The zero-order valence-electron chi connectivity index (χ0n) is 10.0. The molecule has 0 bridgehead atoms. The number of nitrogens with zero attached hydrogens (tertiary/aromatic N) is 1. The van der Waals surface area contributed by atoms with Crippen LogP contribution >= 0.6 is 0 Å². The Morgan fingerprint density at radius 1 is 1.32 bits per heavy atom. The van der Waals surface area contributed by atoms with Crippen molar-refractivity contribution in [3.8, 4) is 6.07 Å². The van der Waals surface area contributed by atoms with Crippen LogP contribution in [0, 0.1) is 11.3 Å². The Hall–Kier alpha value is -2.88. The molecule has 3 N–H and O–H groups in total. The first-order valence-electron chi connectivity index (χ1n) is 5.25. The summed E-state index contributed by atoms with van der Waals surface area (Å²) in [6.45, 7) is 1.31. The first-order chi connectivity index (χ1) is 8.93. The lowest BCUT2D eigenvalue weighted by Gasteiger charge is -2.11. The van der Waals surface area contributed by atoms with Crippen LogP contribution in [0.2, 0.25) is 0 Å². The van der Waals surface area contributed by atoms with E-state index in [2.05, 4.69) is 0 Å². The van der Waals surface area contributed by atoms with Gasteiger partial charge in [0.25, 0.3) is 5.91 Å². The molecule has 0 aliphatic rings. The number of amides is 3. The Balaban J connectivity index is 2.66. The third kappa shape index (κ3) is 4.12. The average molecular weight is 261 g/mol. The molecule has 0 saturated heterocycles. The molecule has 19 heavy (non-hydrogen) atoms. The molecule has 1 aromatic rings. The lowest BCUT2D eigenvalue weighted by Crippen LogP contribution is -2.42. The highest BCUT2D eigenvalue weighted by Crippen LogP contribution is 2.06. The Morgan fingerprint density at radius 3 is 2.37 bits per heavy atom. The second-order valence-corrected chi connectivity index (χ2v) is 3.59. The summed E-state index contributed by atoms with van der Waals surface area (Å²) in [6, 6.07) is 6.59. The number of benzene rings is 1. The predicted octanol–water partition coefficient (Wildman–Crippen LogP) is 0.298. The van der Waals surface area contributed by atoms with Crippen molar-refractivity contribution in [1.82, 2.24) is 5.32 Å². The van der Waals surface area contributed by atoms with E-state index in [0.29, 0.717) is 5.56 Å². The van der Waals surface area contributed by atoms with Crippen molar-refractivity contribution in [2.75, 3.05) is 0 Å². The van der Waals surface area contributed by atoms with E-state index in [9.17, 15) is 14.4 Å². The Kier molecular flexibility index (Phi) is 4.60. The number of urea groups is 1. The van der Waals surface area contributed by atoms with Crippen LogP contribution in [0.15, 0.2) is 24.3 Å². The van der Waals surface area contributed by atoms with Gasteiger partial charge in [-0.15, -0.1) is 0 Å². The summed E-state index contributed by atoms with van der Waals surface area (Å²) in [5.74, 6) is -1.55. The van der Waals surface area contributed by atoms with Crippen molar-refractivity contribution in [2.24, 2.45) is 5.73 Å². The molecular weight excluding hydrogens is 250 g/mol. The van der Waals surface area contributed by atoms with Crippen LogP contribution in [0.1, 0.15) is 22.8 Å². The Bertz CT molecular complexity index is 545. The van der Waals surface area contributed by atoms with Gasteiger partial charge in [0.15, 0.2) is 6.10 Å². The maximum Gasteiger partial charge on any atom is 0.338 e. The maximum atomic E-state index is 11.6. The van der Waals surface area contributed by atoms with Crippen molar-refractivity contribution in [1.29, 1.82) is 5.26 Å². The van der Waals surface area contributed by atoms with E-state index in [1.807, 2.05) is 6.07 Å². The van der Waals surface area contributed by atoms with Gasteiger partial charge in [-0.05, 0) is 31.2 Å². The lowest BCUT2D eigenvalue weighted by atomic mass is 10.1. The van der Waals surface area contributed by atoms with Crippen LogP contribution in [-0.4, -0.2) is 24.0 Å². The molecule has 3 amide bonds. The summed E-state index contributed by atoms with van der Waals surface area (Å²) in [6.07, 6.45) is -1.16. The van der Waals surface area contributed by atoms with Crippen LogP contribution in [0.3, 0.4) is 0 Å². The van der Waals surface area contributed by atoms with Gasteiger partial charge in [-0.1, -0.05) is 0 Å². The summed E-state index contributed by atoms with van der Waals surface area (Å²) >= 11 is 0. The molecule has 0 spiro atoms. The quantitative estimate of drug-likeness (QED) is 0.757. The van der Waals surface area contributed by atoms with E-state index in [1.54, 1.807) is 5.32 Å². The van der Waals surface area contributed by atoms with Gasteiger partial charge in [-0.3, -0.25) is 10.1 Å². The number of primary amides is 1. The van der Waals surface area contributed by atoms with Gasteiger partial charge < -0.3 is 10.5 Å². The van der Waals surface area contributed by atoms with E-state index in [1.165, 1.54) is 31.2 Å². The van der Waals surface area contributed by atoms with Crippen LogP contribution in [-0.2, 0) is 9.53 Å². The second kappa shape index (κ2) is 6.16. The van der Waals surface area contributed by atoms with Gasteiger partial charge in [-0.2, -0.15) is 5.26 Å². The molecule has 7 heteroatoms. The number of rotatable bonds is 3. The van der Waals surface area contributed by atoms with Gasteiger partial charge in [0.2, 0.25) is 0 Å². The van der Waals surface area contributed by atoms with Gasteiger partial charge >= 0.3 is 12.0 Å². The minimum atomic E-state index is -1.16. The third-order valence-electron chi connectivity index (χ3n) is 2.15. The minimum Gasteiger partial charge on any atom is -0.449 e. The fourth-order valence-corrected chi connectivity index (χ4v) is 1.19. The number of esters is 1. The molecule has 0 fully saturated rings. The topological polar surface area (TPSA) is 122 Å². The highest BCUT2D eigenvalue weighted by atomic mass is 16.5. The van der Waals surface area contributed by atoms with E-state index in [-0.39, 0.29) is 5.56 Å². The SMILES string of the molecule is C[C@@H](OC(=O)c1ccc(C#N)cc1)C(=O)NC(N)=O. The number of nitrogens with two attached hydrogens (primary N) is 1. The molecule has 98 valence electrons. The molecule has 7 nitrogen and oxygen atoms in total. The molecular formula is C12H11N3O4. The molecule has 1 rings (SSSR count). The minimum absolute atomic E-state index is 0.192. The normalized spacial score (nSPS) is 10.9. The van der Waals surface area contributed by atoms with Gasteiger partial charge in [-0.25, -0.2) is 9.59 Å². The number of carbonyl (C=O) groups excluding carboxylic acids is 3. The predicted molar refractivity (Wildman–Crippen MR) is 63.8 cm³/mol. The van der Waals surface area contributed by atoms with Gasteiger partial charge in [0, 0.05) is 0 Å². The number of carbonyl (C=O) groups is 3. The van der Waals surface area contributed by atoms with Gasteiger partial charge in [0.1, 0.15) is 0 Å². The summed E-state index contributed by atoms with van der Waals surface area (Å²) in [4.78, 5) is 33.4. The van der Waals surface area contributed by atoms with E-state index < -0.39 is 24.0 Å². The molecule has 0 radical (unpaired) electrons. The fraction of sp³-hybridized carbons (Fsp3) is 0.167. The second-order valence-electron chi connectivity index (χ2n) is 3.59. The number of hydrogen-bond donors (Lipinski definition) is 2. The van der Waals surface area contributed by atoms with E-state index in [0.717, 1.165) is 0 Å². The zero-order valence-corrected chi connectivity index (χ0v) is 10.0. The van der Waals surface area contributed by atoms with E-state index in [4.69, 9.17) is 15.7 Å². The molecule has 0 saturated carbocycles. The fourth-order valence-electron chi connectivity index (χ4n) is 1.19. The van der Waals surface area contributed by atoms with Crippen molar-refractivity contribution >= 4 is 17.9 Å². The third-order valence-corrected chi connectivity index (χ3v) is 2.15. The average Bonchev–Trinajstić information content (AvgIpc) is 2.37. The van der Waals surface area contributed by atoms with Crippen LogP contribution in [0.25, 0.3) is 0 Å². The zero-order chi connectivity index (χ0) is 14.4. The van der Waals surface area contributed by atoms with Crippen LogP contribution in [0.5, 0.6) is 0 Å². The summed E-state index contributed by atoms with van der Waals surface area (Å²) in [5.41, 5.74) is 5.35. The smallest absolute Gasteiger partial charge is 0.338 e. The first-order valence-corrected chi connectivity index (χ1v) is 5.25. The summed E-state index contributed by atoms with van der Waals surface area (Å²) in [5, 5.41) is 10.4. The van der Waals surface area contributed by atoms with Crippen molar-refractivity contribution in [3.63, 3.8) is 0 Å². The van der Waals surface area contributed by atoms with Crippen LogP contribution < -0.4 is 11.1 Å². The standard InChI is InChI=1S/C12H11N3O4/c1-7(10(16)15-12(14)18)19-11(17)9-4-2-8(6-13)3-5-9/h2-5,7H,1H3,(H3,14,15,16,18)/t7-/m1/s1. The number of imide groups is 1. The molecule has 0 heterocycles. The molecule has 1 aromatic carbocycles. The summed E-state index contributed by atoms with van der Waals surface area (Å²) < 4.78 is 4.83. The van der Waals surface area contributed by atoms with Crippen molar-refractivity contribution in [2.45, 2.75) is 13.0 Å². The highest BCUT2D eigenvalue weighted by Gasteiger charge is 2.19. The molecule has 1 atom stereocenters. The Morgan fingerprint density at radius 2 is 1.89 bits per heavy atom. The molecule has 0 aliphatic heterocycles. The number of ether oxygens (including phenoxy) is 1. The van der Waals surface area contributed by atoms with E-state index >= 15 is 0 Å². The molecule has 0 aliphatic carbocycles. The van der Waals surface area contributed by atoms with Gasteiger partial charge in [0.05, 0.1) is 17.2 Å². The number of nitrogens with one attached hydrogen (secondary N) is 1. The van der Waals surface area contributed by atoms with Crippen molar-refractivity contribution in [3.05, 3.63) is 35.4 Å². The monoisotopic (exact) mass is 261 g/mol. The van der Waals surface area contributed by atoms with Crippen molar-refractivity contribution < 1.29 is 19.1 Å². The Labute approximate surface area is 109 Å². The largest absolute Gasteiger partial charge is 0.449 e. The van der Waals surface area contributed by atoms with Crippen LogP contribution in [0.4, 0.5) is 4.79 Å². The number of nitriles is 1. The lowest BCUT2D eigenvalue weighted by molar-refractivity contribution is -0.127. The molecule has 0 unspecified atom stereocenters. The number of hydrogen-bond acceptors (Lipinski definition) is 5. The first kappa shape index (κ1) is 14.2. The summed E-state index contributed by atoms with van der Waals surface area (Å²) in [7, 11) is 0. The molecule has 0 aromatic heterocycles.